The third-order valence-electron chi connectivity index (χ3n) is 2.33. The molecule has 1 aliphatic heterocycles. The number of hydrogen-bond donors (Lipinski definition) is 1. The van der Waals surface area contributed by atoms with Gasteiger partial charge in [-0.15, -0.1) is 11.3 Å². The molecule has 0 aliphatic carbocycles. The molecule has 1 fully saturated rings. The normalized spacial score (nSPS) is 22.1. The first-order valence-electron chi connectivity index (χ1n) is 4.62. The van der Waals surface area contributed by atoms with Crippen LogP contribution in [0, 0.1) is 13.8 Å². The van der Waals surface area contributed by atoms with E-state index in [9.17, 15) is 4.79 Å². The highest BCUT2D eigenvalue weighted by Gasteiger charge is 2.22. The highest BCUT2D eigenvalue weighted by atomic mass is 32.1. The number of aryl methyl sites for hydroxylation is 2. The minimum absolute atomic E-state index is 0.0224. The molecule has 1 unspecified atom stereocenters. The number of thiophene rings is 1. The Balaban J connectivity index is 2.15. The fourth-order valence-corrected chi connectivity index (χ4v) is 2.64. The van der Waals surface area contributed by atoms with Gasteiger partial charge in [-0.1, -0.05) is 0 Å². The molecule has 0 radical (unpaired) electrons. The number of nitrogens with one attached hydrogen (secondary N) is 1. The zero-order chi connectivity index (χ0) is 10.1. The minimum Gasteiger partial charge on any atom is -0.362 e. The third kappa shape index (κ3) is 1.81. The largest absolute Gasteiger partial charge is 0.362 e. The van der Waals surface area contributed by atoms with Crippen LogP contribution in [-0.4, -0.2) is 19.1 Å². The van der Waals surface area contributed by atoms with E-state index in [1.54, 1.807) is 11.3 Å². The Labute approximate surface area is 87.1 Å². The van der Waals surface area contributed by atoms with E-state index in [2.05, 4.69) is 25.2 Å². The highest BCUT2D eigenvalue weighted by molar-refractivity contribution is 7.12. The average molecular weight is 211 g/mol. The van der Waals surface area contributed by atoms with Crippen LogP contribution in [0.5, 0.6) is 0 Å². The minimum atomic E-state index is -0.0224. The maximum Gasteiger partial charge on any atom is 0.246 e. The van der Waals surface area contributed by atoms with Gasteiger partial charge >= 0.3 is 0 Å². The van der Waals surface area contributed by atoms with E-state index in [1.807, 2.05) is 0 Å². The Morgan fingerprint density at radius 1 is 1.57 bits per heavy atom. The van der Waals surface area contributed by atoms with Crippen molar-refractivity contribution < 1.29 is 9.53 Å². The van der Waals surface area contributed by atoms with E-state index in [-0.39, 0.29) is 18.6 Å². The Bertz CT molecular complexity index is 349. The Hall–Kier alpha value is -0.870. The number of carbonyl (C=O) groups excluding carboxylic acids is 1. The van der Waals surface area contributed by atoms with Crippen molar-refractivity contribution in [3.05, 3.63) is 21.4 Å². The molecule has 0 spiro atoms. The molecule has 0 bridgehead atoms. The first-order valence-corrected chi connectivity index (χ1v) is 5.43. The Kier molecular flexibility index (Phi) is 2.56. The molecule has 3 nitrogen and oxygen atoms in total. The molecule has 1 aliphatic rings. The monoisotopic (exact) mass is 211 g/mol. The van der Waals surface area contributed by atoms with E-state index in [0.29, 0.717) is 6.54 Å². The van der Waals surface area contributed by atoms with Gasteiger partial charge in [0.15, 0.2) is 0 Å². The maximum atomic E-state index is 10.9. The highest BCUT2D eigenvalue weighted by Crippen LogP contribution is 2.29. The Morgan fingerprint density at radius 2 is 2.36 bits per heavy atom. The second-order valence-electron chi connectivity index (χ2n) is 3.47. The van der Waals surface area contributed by atoms with Gasteiger partial charge in [0.05, 0.1) is 0 Å². The zero-order valence-electron chi connectivity index (χ0n) is 8.29. The summed E-state index contributed by atoms with van der Waals surface area (Å²) in [7, 11) is 0. The van der Waals surface area contributed by atoms with Crippen LogP contribution in [0.2, 0.25) is 0 Å². The summed E-state index contributed by atoms with van der Waals surface area (Å²) < 4.78 is 5.47. The van der Waals surface area contributed by atoms with Crippen LogP contribution in [-0.2, 0) is 9.53 Å². The SMILES string of the molecule is Cc1cc(C2CNC(=O)CO2)c(C)s1. The van der Waals surface area contributed by atoms with Crippen LogP contribution in [0.25, 0.3) is 0 Å². The lowest BCUT2D eigenvalue weighted by molar-refractivity contribution is -0.133. The molecule has 1 N–H and O–H groups in total. The summed E-state index contributed by atoms with van der Waals surface area (Å²) in [5.41, 5.74) is 1.22. The lowest BCUT2D eigenvalue weighted by Crippen LogP contribution is -2.38. The number of amides is 1. The van der Waals surface area contributed by atoms with E-state index >= 15 is 0 Å². The molecule has 76 valence electrons. The van der Waals surface area contributed by atoms with Crippen LogP contribution in [0.4, 0.5) is 0 Å². The fourth-order valence-electron chi connectivity index (χ4n) is 1.66. The summed E-state index contributed by atoms with van der Waals surface area (Å²) in [5.74, 6) is -0.0224. The van der Waals surface area contributed by atoms with Crippen molar-refractivity contribution in [3.63, 3.8) is 0 Å². The molecule has 1 aromatic rings. The molecule has 4 heteroatoms. The second kappa shape index (κ2) is 3.71. The van der Waals surface area contributed by atoms with Crippen LogP contribution in [0.3, 0.4) is 0 Å². The topological polar surface area (TPSA) is 38.3 Å². The predicted octanol–water partition coefficient (Wildman–Crippen LogP) is 1.55. The van der Waals surface area contributed by atoms with Gasteiger partial charge in [0.2, 0.25) is 5.91 Å². The second-order valence-corrected chi connectivity index (χ2v) is 4.93. The van der Waals surface area contributed by atoms with Gasteiger partial charge < -0.3 is 10.1 Å². The number of morpholine rings is 1. The molecule has 14 heavy (non-hydrogen) atoms. The summed E-state index contributed by atoms with van der Waals surface area (Å²) >= 11 is 1.77. The van der Waals surface area contributed by atoms with Crippen molar-refractivity contribution in [3.8, 4) is 0 Å². The lowest BCUT2D eigenvalue weighted by Gasteiger charge is -2.23. The first kappa shape index (κ1) is 9.68. The van der Waals surface area contributed by atoms with Crippen molar-refractivity contribution in [2.24, 2.45) is 0 Å². The molecular weight excluding hydrogens is 198 g/mol. The van der Waals surface area contributed by atoms with E-state index < -0.39 is 0 Å². The van der Waals surface area contributed by atoms with Gasteiger partial charge in [0.25, 0.3) is 0 Å². The summed E-state index contributed by atoms with van der Waals surface area (Å²) in [6, 6.07) is 2.14. The van der Waals surface area contributed by atoms with E-state index in [4.69, 9.17) is 4.74 Å². The van der Waals surface area contributed by atoms with Crippen molar-refractivity contribution >= 4 is 17.2 Å². The molecule has 2 heterocycles. The van der Waals surface area contributed by atoms with Crippen molar-refractivity contribution in [2.45, 2.75) is 20.0 Å². The molecule has 0 saturated carbocycles. The van der Waals surface area contributed by atoms with Crippen LogP contribution >= 0.6 is 11.3 Å². The molecule has 0 aromatic carbocycles. The molecule has 1 atom stereocenters. The molecule has 1 aromatic heterocycles. The fraction of sp³-hybridized carbons (Fsp3) is 0.500. The van der Waals surface area contributed by atoms with E-state index in [0.717, 1.165) is 0 Å². The van der Waals surface area contributed by atoms with E-state index in [1.165, 1.54) is 15.3 Å². The lowest BCUT2D eigenvalue weighted by atomic mass is 10.1. The van der Waals surface area contributed by atoms with Gasteiger partial charge in [-0.05, 0) is 25.5 Å². The summed E-state index contributed by atoms with van der Waals surface area (Å²) in [4.78, 5) is 13.5. The first-order chi connectivity index (χ1) is 6.66. The molecule has 1 saturated heterocycles. The number of rotatable bonds is 1. The van der Waals surface area contributed by atoms with Crippen molar-refractivity contribution in [2.75, 3.05) is 13.2 Å². The van der Waals surface area contributed by atoms with Crippen LogP contribution in [0.15, 0.2) is 6.07 Å². The molecule has 1 amide bonds. The quantitative estimate of drug-likeness (QED) is 0.765. The van der Waals surface area contributed by atoms with Gasteiger partial charge in [-0.2, -0.15) is 0 Å². The number of ether oxygens (including phenoxy) is 1. The third-order valence-corrected chi connectivity index (χ3v) is 3.31. The smallest absolute Gasteiger partial charge is 0.246 e. The van der Waals surface area contributed by atoms with Gasteiger partial charge in [-0.3, -0.25) is 4.79 Å². The van der Waals surface area contributed by atoms with Crippen LogP contribution in [0.1, 0.15) is 21.4 Å². The van der Waals surface area contributed by atoms with Crippen molar-refractivity contribution in [1.82, 2.24) is 5.32 Å². The average Bonchev–Trinajstić information content (AvgIpc) is 2.47. The number of carbonyl (C=O) groups is 1. The molecule has 2 rings (SSSR count). The summed E-state index contributed by atoms with van der Waals surface area (Å²) in [5, 5.41) is 2.81. The van der Waals surface area contributed by atoms with Crippen LogP contribution < -0.4 is 5.32 Å². The zero-order valence-corrected chi connectivity index (χ0v) is 9.11. The standard InChI is InChI=1S/C10H13NO2S/c1-6-3-8(7(2)14-6)9-4-11-10(12)5-13-9/h3,9H,4-5H2,1-2H3,(H,11,12). The maximum absolute atomic E-state index is 10.9. The van der Waals surface area contributed by atoms with Gasteiger partial charge in [0.1, 0.15) is 12.7 Å². The predicted molar refractivity (Wildman–Crippen MR) is 55.5 cm³/mol. The molecular formula is C10H13NO2S. The number of hydrogen-bond acceptors (Lipinski definition) is 3. The summed E-state index contributed by atoms with van der Waals surface area (Å²) in [6.45, 7) is 4.95. The van der Waals surface area contributed by atoms with Gasteiger partial charge in [-0.25, -0.2) is 0 Å². The Morgan fingerprint density at radius 3 is 2.86 bits per heavy atom. The van der Waals surface area contributed by atoms with Crippen molar-refractivity contribution in [1.29, 1.82) is 0 Å². The summed E-state index contributed by atoms with van der Waals surface area (Å²) in [6.07, 6.45) is 0.0395. The van der Waals surface area contributed by atoms with Gasteiger partial charge in [0, 0.05) is 16.3 Å².